The number of hydrogen-bond donors (Lipinski definition) is 1. The number of nitrogens with one attached hydrogen (secondary N) is 1. The van der Waals surface area contributed by atoms with E-state index in [4.69, 9.17) is 9.15 Å². The Morgan fingerprint density at radius 3 is 2.22 bits per heavy atom. The number of furan rings is 1. The number of ether oxygens (including phenoxy) is 1. The molecule has 1 unspecified atom stereocenters. The van der Waals surface area contributed by atoms with Gasteiger partial charge in [-0.05, 0) is 72.5 Å². The van der Waals surface area contributed by atoms with Crippen molar-refractivity contribution < 1.29 is 13.9 Å². The van der Waals surface area contributed by atoms with Crippen molar-refractivity contribution in [3.05, 3.63) is 108 Å². The van der Waals surface area contributed by atoms with Crippen molar-refractivity contribution in [3.8, 4) is 11.4 Å². The lowest BCUT2D eigenvalue weighted by atomic mass is 10.0. The van der Waals surface area contributed by atoms with Crippen molar-refractivity contribution in [2.45, 2.75) is 39.3 Å². The van der Waals surface area contributed by atoms with Gasteiger partial charge in [0.25, 0.3) is 5.91 Å². The van der Waals surface area contributed by atoms with Gasteiger partial charge in [0.2, 0.25) is 0 Å². The predicted molar refractivity (Wildman–Crippen MR) is 125 cm³/mol. The molecule has 0 saturated carbocycles. The van der Waals surface area contributed by atoms with Gasteiger partial charge >= 0.3 is 0 Å². The molecule has 32 heavy (non-hydrogen) atoms. The van der Waals surface area contributed by atoms with Crippen LogP contribution in [0.15, 0.2) is 89.6 Å². The normalized spacial score (nSPS) is 12.0. The minimum absolute atomic E-state index is 0.148. The van der Waals surface area contributed by atoms with Gasteiger partial charge in [-0.25, -0.2) is 0 Å². The maximum atomic E-state index is 12.6. The molecule has 2 aromatic carbocycles. The standard InChI is InChI=1S/C27H28N2O3/c1-19(2)21-8-12-24(13-9-21)31-18-25-14-15-26(32-25)27(30)28-20(3)22-6-10-23(11-7-22)29-16-4-5-17-29/h4-17,19-20H,18H2,1-3H3,(H,28,30). The van der Waals surface area contributed by atoms with Gasteiger partial charge in [-0.1, -0.05) is 38.1 Å². The highest BCUT2D eigenvalue weighted by molar-refractivity contribution is 5.91. The first kappa shape index (κ1) is 21.5. The van der Waals surface area contributed by atoms with Crippen molar-refractivity contribution >= 4 is 5.91 Å². The Morgan fingerprint density at radius 1 is 0.906 bits per heavy atom. The zero-order chi connectivity index (χ0) is 22.5. The minimum Gasteiger partial charge on any atom is -0.486 e. The van der Waals surface area contributed by atoms with Gasteiger partial charge in [0.05, 0.1) is 6.04 Å². The topological polar surface area (TPSA) is 56.4 Å². The summed E-state index contributed by atoms with van der Waals surface area (Å²) in [6, 6.07) is 23.4. The number of carbonyl (C=O) groups is 1. The Hall–Kier alpha value is -3.73. The predicted octanol–water partition coefficient (Wildman–Crippen LogP) is 6.26. The fourth-order valence-electron chi connectivity index (χ4n) is 3.47. The Morgan fingerprint density at radius 2 is 1.56 bits per heavy atom. The number of aromatic nitrogens is 1. The first-order valence-corrected chi connectivity index (χ1v) is 10.9. The van der Waals surface area contributed by atoms with Crippen LogP contribution in [0.5, 0.6) is 5.75 Å². The summed E-state index contributed by atoms with van der Waals surface area (Å²) in [4.78, 5) is 12.6. The van der Waals surface area contributed by atoms with E-state index in [2.05, 4.69) is 31.3 Å². The smallest absolute Gasteiger partial charge is 0.287 e. The van der Waals surface area contributed by atoms with Crippen LogP contribution < -0.4 is 10.1 Å². The van der Waals surface area contributed by atoms with Crippen LogP contribution in [0.3, 0.4) is 0 Å². The summed E-state index contributed by atoms with van der Waals surface area (Å²) < 4.78 is 13.5. The molecule has 0 aliphatic rings. The van der Waals surface area contributed by atoms with E-state index in [0.29, 0.717) is 11.7 Å². The molecule has 2 aromatic heterocycles. The van der Waals surface area contributed by atoms with Crippen LogP contribution in [0.2, 0.25) is 0 Å². The number of carbonyl (C=O) groups excluding carboxylic acids is 1. The zero-order valence-corrected chi connectivity index (χ0v) is 18.6. The molecule has 0 aliphatic carbocycles. The molecule has 0 fully saturated rings. The van der Waals surface area contributed by atoms with Crippen LogP contribution in [0.1, 0.15) is 60.2 Å². The molecule has 0 saturated heterocycles. The van der Waals surface area contributed by atoms with E-state index in [1.807, 2.05) is 72.4 Å². The molecule has 4 rings (SSSR count). The van der Waals surface area contributed by atoms with Gasteiger partial charge in [-0.15, -0.1) is 0 Å². The fraction of sp³-hybridized carbons (Fsp3) is 0.222. The Labute approximate surface area is 188 Å². The summed E-state index contributed by atoms with van der Waals surface area (Å²) in [5, 5.41) is 2.99. The van der Waals surface area contributed by atoms with Crippen molar-refractivity contribution in [1.82, 2.24) is 9.88 Å². The Kier molecular flexibility index (Phi) is 6.45. The van der Waals surface area contributed by atoms with E-state index in [1.54, 1.807) is 12.1 Å². The molecule has 1 N–H and O–H groups in total. The second-order valence-electron chi connectivity index (χ2n) is 8.16. The first-order valence-electron chi connectivity index (χ1n) is 10.9. The molecule has 5 nitrogen and oxygen atoms in total. The Balaban J connectivity index is 1.32. The highest BCUT2D eigenvalue weighted by atomic mass is 16.5. The number of hydrogen-bond acceptors (Lipinski definition) is 3. The maximum Gasteiger partial charge on any atom is 0.287 e. The number of nitrogens with zero attached hydrogens (tertiary/aromatic N) is 1. The molecular formula is C27H28N2O3. The summed E-state index contributed by atoms with van der Waals surface area (Å²) in [5.74, 6) is 1.88. The average Bonchev–Trinajstić information content (AvgIpc) is 3.50. The fourth-order valence-corrected chi connectivity index (χ4v) is 3.47. The van der Waals surface area contributed by atoms with E-state index in [-0.39, 0.29) is 24.3 Å². The SMILES string of the molecule is CC(C)c1ccc(OCc2ccc(C(=O)NC(C)c3ccc(-n4cccc4)cc3)o2)cc1. The molecule has 5 heteroatoms. The summed E-state index contributed by atoms with van der Waals surface area (Å²) >= 11 is 0. The van der Waals surface area contributed by atoms with Gasteiger partial charge in [0.1, 0.15) is 18.1 Å². The quantitative estimate of drug-likeness (QED) is 0.360. The highest BCUT2D eigenvalue weighted by Gasteiger charge is 2.15. The first-order chi connectivity index (χ1) is 15.5. The number of rotatable bonds is 8. The van der Waals surface area contributed by atoms with E-state index in [9.17, 15) is 4.79 Å². The summed E-state index contributed by atoms with van der Waals surface area (Å²) in [6.45, 7) is 6.54. The second-order valence-corrected chi connectivity index (χ2v) is 8.16. The van der Waals surface area contributed by atoms with Crippen LogP contribution in [0.4, 0.5) is 0 Å². The molecule has 1 atom stereocenters. The minimum atomic E-state index is -0.250. The lowest BCUT2D eigenvalue weighted by molar-refractivity contribution is 0.0907. The lowest BCUT2D eigenvalue weighted by Gasteiger charge is -2.14. The molecule has 0 bridgehead atoms. The molecule has 0 radical (unpaired) electrons. The molecular weight excluding hydrogens is 400 g/mol. The molecule has 2 heterocycles. The Bertz CT molecular complexity index is 1140. The van der Waals surface area contributed by atoms with Crippen molar-refractivity contribution in [3.63, 3.8) is 0 Å². The van der Waals surface area contributed by atoms with Crippen LogP contribution in [-0.4, -0.2) is 10.5 Å². The number of benzene rings is 2. The lowest BCUT2D eigenvalue weighted by Crippen LogP contribution is -2.26. The summed E-state index contributed by atoms with van der Waals surface area (Å²) in [6.07, 6.45) is 4.00. The largest absolute Gasteiger partial charge is 0.486 e. The van der Waals surface area contributed by atoms with Crippen molar-refractivity contribution in [2.75, 3.05) is 0 Å². The third-order valence-corrected chi connectivity index (χ3v) is 5.46. The molecule has 1 amide bonds. The molecule has 164 valence electrons. The van der Waals surface area contributed by atoms with E-state index in [1.165, 1.54) is 5.56 Å². The van der Waals surface area contributed by atoms with Crippen LogP contribution in [0, 0.1) is 0 Å². The summed E-state index contributed by atoms with van der Waals surface area (Å²) in [5.41, 5.74) is 3.36. The average molecular weight is 429 g/mol. The van der Waals surface area contributed by atoms with Crippen molar-refractivity contribution in [2.24, 2.45) is 0 Å². The highest BCUT2D eigenvalue weighted by Crippen LogP contribution is 2.21. The zero-order valence-electron chi connectivity index (χ0n) is 18.6. The van der Waals surface area contributed by atoms with Gasteiger partial charge in [0, 0.05) is 18.1 Å². The second kappa shape index (κ2) is 9.60. The molecule has 0 spiro atoms. The maximum absolute atomic E-state index is 12.6. The molecule has 4 aromatic rings. The van der Waals surface area contributed by atoms with Gasteiger partial charge in [-0.2, -0.15) is 0 Å². The van der Waals surface area contributed by atoms with E-state index < -0.39 is 0 Å². The third-order valence-electron chi connectivity index (χ3n) is 5.46. The van der Waals surface area contributed by atoms with E-state index >= 15 is 0 Å². The third kappa shape index (κ3) is 5.11. The van der Waals surface area contributed by atoms with E-state index in [0.717, 1.165) is 17.0 Å². The van der Waals surface area contributed by atoms with Gasteiger partial charge < -0.3 is 19.0 Å². The van der Waals surface area contributed by atoms with Crippen LogP contribution >= 0.6 is 0 Å². The van der Waals surface area contributed by atoms with Crippen molar-refractivity contribution in [1.29, 1.82) is 0 Å². The van der Waals surface area contributed by atoms with Crippen LogP contribution in [0.25, 0.3) is 5.69 Å². The summed E-state index contributed by atoms with van der Waals surface area (Å²) in [7, 11) is 0. The monoisotopic (exact) mass is 428 g/mol. The van der Waals surface area contributed by atoms with Crippen LogP contribution in [-0.2, 0) is 6.61 Å². The van der Waals surface area contributed by atoms with Gasteiger partial charge in [-0.3, -0.25) is 4.79 Å². The van der Waals surface area contributed by atoms with Gasteiger partial charge in [0.15, 0.2) is 5.76 Å². The number of amides is 1. The molecule has 0 aliphatic heterocycles.